The van der Waals surface area contributed by atoms with Crippen LogP contribution < -0.4 is 0 Å². The number of carboxylic acids is 1. The van der Waals surface area contributed by atoms with Crippen LogP contribution in [0.15, 0.2) is 0 Å². The molecule has 0 saturated carbocycles. The second kappa shape index (κ2) is 7.82. The molecule has 3 N–H and O–H groups in total. The molecule has 8 heteroatoms. The Hall–Kier alpha value is -1.51. The first kappa shape index (κ1) is 17.5. The molecule has 0 rings (SSSR count). The predicted molar refractivity (Wildman–Crippen MR) is 61.3 cm³/mol. The van der Waals surface area contributed by atoms with Crippen LogP contribution in [0.1, 0.15) is 20.8 Å². The van der Waals surface area contributed by atoms with E-state index in [-0.39, 0.29) is 6.29 Å². The molecule has 0 spiro atoms. The molecule has 19 heavy (non-hydrogen) atoms. The molecule has 110 valence electrons. The molecule has 0 aromatic rings. The van der Waals surface area contributed by atoms with Gasteiger partial charge in [0.05, 0.1) is 6.10 Å². The summed E-state index contributed by atoms with van der Waals surface area (Å²) in [5.74, 6) is -2.12. The van der Waals surface area contributed by atoms with E-state index >= 15 is 0 Å². The third-order valence-corrected chi connectivity index (χ3v) is 2.30. The van der Waals surface area contributed by atoms with Crippen molar-refractivity contribution in [3.8, 4) is 0 Å². The number of aliphatic hydroxyl groups excluding tert-OH is 2. The molecule has 0 fully saturated rings. The lowest BCUT2D eigenvalue weighted by molar-refractivity contribution is -0.185. The summed E-state index contributed by atoms with van der Waals surface area (Å²) in [5, 5.41) is 27.7. The van der Waals surface area contributed by atoms with E-state index in [1.165, 1.54) is 13.8 Å². The standard InChI is InChI=1S/C11H18O8/c1-5(13)9(15)10(18-6(2)11(16)17)8(4-12)19-7(3)14/h4-6,8-10,13,15H,1-3H3,(H,16,17)/t5-,6+,8-,9-,10-/m0/s1. The van der Waals surface area contributed by atoms with Gasteiger partial charge in [-0.2, -0.15) is 0 Å². The number of aliphatic carboxylic acids is 1. The summed E-state index contributed by atoms with van der Waals surface area (Å²) in [6.07, 6.45) is -7.03. The molecule has 0 unspecified atom stereocenters. The van der Waals surface area contributed by atoms with Gasteiger partial charge in [0, 0.05) is 6.92 Å². The first-order valence-electron chi connectivity index (χ1n) is 5.57. The molecular formula is C11H18O8. The van der Waals surface area contributed by atoms with Crippen LogP contribution in [0.2, 0.25) is 0 Å². The fourth-order valence-corrected chi connectivity index (χ4v) is 1.28. The van der Waals surface area contributed by atoms with Crippen molar-refractivity contribution in [1.29, 1.82) is 0 Å². The topological polar surface area (TPSA) is 130 Å². The lowest BCUT2D eigenvalue weighted by Crippen LogP contribution is -2.49. The molecule has 0 heterocycles. The number of hydrogen-bond donors (Lipinski definition) is 3. The third-order valence-electron chi connectivity index (χ3n) is 2.30. The van der Waals surface area contributed by atoms with Crippen LogP contribution in [-0.4, -0.2) is 64.1 Å². The minimum atomic E-state index is -1.59. The van der Waals surface area contributed by atoms with Crippen molar-refractivity contribution >= 4 is 18.2 Å². The summed E-state index contributed by atoms with van der Waals surface area (Å²) in [6.45, 7) is 3.45. The van der Waals surface area contributed by atoms with Gasteiger partial charge in [-0.25, -0.2) is 4.79 Å². The number of carboxylic acid groups (broad SMARTS) is 1. The van der Waals surface area contributed by atoms with Crippen molar-refractivity contribution in [2.75, 3.05) is 0 Å². The number of carbonyl (C=O) groups is 3. The Morgan fingerprint density at radius 2 is 1.74 bits per heavy atom. The van der Waals surface area contributed by atoms with Crippen LogP contribution in [0.3, 0.4) is 0 Å². The molecule has 0 aliphatic carbocycles. The highest BCUT2D eigenvalue weighted by Crippen LogP contribution is 2.14. The highest BCUT2D eigenvalue weighted by molar-refractivity contribution is 5.72. The second-order valence-corrected chi connectivity index (χ2v) is 4.02. The SMILES string of the molecule is CC(=O)O[C@@H](C=O)[C@H](O[C@H](C)C(=O)O)[C@@H](O)[C@H](C)O. The minimum absolute atomic E-state index is 0.201. The van der Waals surface area contributed by atoms with Crippen LogP contribution in [0.5, 0.6) is 0 Å². The Morgan fingerprint density at radius 1 is 1.21 bits per heavy atom. The number of ether oxygens (including phenoxy) is 2. The second-order valence-electron chi connectivity index (χ2n) is 4.02. The van der Waals surface area contributed by atoms with E-state index in [1.54, 1.807) is 0 Å². The Morgan fingerprint density at radius 3 is 2.05 bits per heavy atom. The Balaban J connectivity index is 5.06. The van der Waals surface area contributed by atoms with E-state index < -0.39 is 42.5 Å². The molecule has 0 radical (unpaired) electrons. The summed E-state index contributed by atoms with van der Waals surface area (Å²) < 4.78 is 9.59. The molecule has 0 aromatic heterocycles. The summed E-state index contributed by atoms with van der Waals surface area (Å²) in [5.41, 5.74) is 0. The van der Waals surface area contributed by atoms with Gasteiger partial charge in [-0.1, -0.05) is 0 Å². The number of hydrogen-bond acceptors (Lipinski definition) is 7. The van der Waals surface area contributed by atoms with E-state index in [9.17, 15) is 24.6 Å². The average Bonchev–Trinajstić information content (AvgIpc) is 2.31. The molecule has 5 atom stereocenters. The minimum Gasteiger partial charge on any atom is -0.479 e. The van der Waals surface area contributed by atoms with E-state index in [1.807, 2.05) is 0 Å². The van der Waals surface area contributed by atoms with Gasteiger partial charge in [0.25, 0.3) is 0 Å². The molecule has 0 aliphatic rings. The van der Waals surface area contributed by atoms with Gasteiger partial charge in [-0.05, 0) is 13.8 Å². The largest absolute Gasteiger partial charge is 0.479 e. The maximum absolute atomic E-state index is 10.9. The molecule has 0 aliphatic heterocycles. The first-order chi connectivity index (χ1) is 8.70. The predicted octanol–water partition coefficient (Wildman–Crippen LogP) is -1.28. The lowest BCUT2D eigenvalue weighted by atomic mass is 10.0. The van der Waals surface area contributed by atoms with Crippen LogP contribution in [-0.2, 0) is 23.9 Å². The summed E-state index contributed by atoms with van der Waals surface area (Å²) in [7, 11) is 0. The van der Waals surface area contributed by atoms with Crippen molar-refractivity contribution in [1.82, 2.24) is 0 Å². The van der Waals surface area contributed by atoms with E-state index in [0.29, 0.717) is 0 Å². The number of aliphatic hydroxyl groups is 2. The quantitative estimate of drug-likeness (QED) is 0.369. The van der Waals surface area contributed by atoms with Gasteiger partial charge in [-0.15, -0.1) is 0 Å². The third kappa shape index (κ3) is 5.77. The lowest BCUT2D eigenvalue weighted by Gasteiger charge is -2.30. The van der Waals surface area contributed by atoms with E-state index in [4.69, 9.17) is 9.84 Å². The monoisotopic (exact) mass is 278 g/mol. The maximum Gasteiger partial charge on any atom is 0.332 e. The highest BCUT2D eigenvalue weighted by Gasteiger charge is 2.36. The summed E-state index contributed by atoms with van der Waals surface area (Å²) >= 11 is 0. The van der Waals surface area contributed by atoms with Crippen LogP contribution >= 0.6 is 0 Å². The van der Waals surface area contributed by atoms with Gasteiger partial charge < -0.3 is 24.8 Å². The number of esters is 1. The van der Waals surface area contributed by atoms with E-state index in [0.717, 1.165) is 6.92 Å². The zero-order chi connectivity index (χ0) is 15.2. The fraction of sp³-hybridized carbons (Fsp3) is 0.727. The van der Waals surface area contributed by atoms with Crippen molar-refractivity contribution in [2.45, 2.75) is 51.3 Å². The van der Waals surface area contributed by atoms with Crippen LogP contribution in [0.25, 0.3) is 0 Å². The molecule has 0 bridgehead atoms. The smallest absolute Gasteiger partial charge is 0.332 e. The van der Waals surface area contributed by atoms with Gasteiger partial charge in [0.2, 0.25) is 0 Å². The molecule has 0 amide bonds. The molecular weight excluding hydrogens is 260 g/mol. The normalized spacial score (nSPS) is 18.8. The summed E-state index contributed by atoms with van der Waals surface area (Å²) in [6, 6.07) is 0. The Bertz CT molecular complexity index is 327. The van der Waals surface area contributed by atoms with Crippen LogP contribution in [0.4, 0.5) is 0 Å². The zero-order valence-corrected chi connectivity index (χ0v) is 10.8. The number of carbonyl (C=O) groups excluding carboxylic acids is 2. The number of aldehydes is 1. The van der Waals surface area contributed by atoms with Crippen molar-refractivity contribution in [3.63, 3.8) is 0 Å². The Labute approximate surface area is 109 Å². The fourth-order valence-electron chi connectivity index (χ4n) is 1.28. The average molecular weight is 278 g/mol. The van der Waals surface area contributed by atoms with E-state index in [2.05, 4.69) is 4.74 Å². The first-order valence-corrected chi connectivity index (χ1v) is 5.57. The molecule has 8 nitrogen and oxygen atoms in total. The van der Waals surface area contributed by atoms with Crippen molar-refractivity contribution in [3.05, 3.63) is 0 Å². The van der Waals surface area contributed by atoms with Gasteiger partial charge in [0.1, 0.15) is 12.2 Å². The van der Waals surface area contributed by atoms with Crippen LogP contribution in [0, 0.1) is 0 Å². The van der Waals surface area contributed by atoms with Crippen molar-refractivity contribution < 1.29 is 39.2 Å². The molecule has 0 saturated heterocycles. The summed E-state index contributed by atoms with van der Waals surface area (Å²) in [4.78, 5) is 32.4. The van der Waals surface area contributed by atoms with Gasteiger partial charge in [0.15, 0.2) is 18.5 Å². The Kier molecular flexibility index (Phi) is 7.20. The number of rotatable bonds is 8. The highest BCUT2D eigenvalue weighted by atomic mass is 16.6. The van der Waals surface area contributed by atoms with Gasteiger partial charge in [-0.3, -0.25) is 9.59 Å². The van der Waals surface area contributed by atoms with Gasteiger partial charge >= 0.3 is 11.9 Å². The molecule has 0 aromatic carbocycles. The maximum atomic E-state index is 10.9. The zero-order valence-electron chi connectivity index (χ0n) is 10.8. The van der Waals surface area contributed by atoms with Crippen molar-refractivity contribution in [2.24, 2.45) is 0 Å².